The Labute approximate surface area is 169 Å². The van der Waals surface area contributed by atoms with Crippen molar-refractivity contribution in [2.24, 2.45) is 0 Å². The molecule has 0 saturated carbocycles. The Morgan fingerprint density at radius 1 is 1.07 bits per heavy atom. The van der Waals surface area contributed by atoms with Crippen LogP contribution in [0.4, 0.5) is 5.82 Å². The topological polar surface area (TPSA) is 58.1 Å². The smallest absolute Gasteiger partial charge is 0.253 e. The molecule has 1 atom stereocenters. The maximum absolute atomic E-state index is 12.6. The molecule has 28 heavy (non-hydrogen) atoms. The first-order valence-electron chi connectivity index (χ1n) is 9.37. The lowest BCUT2D eigenvalue weighted by Gasteiger charge is -2.17. The van der Waals surface area contributed by atoms with Crippen molar-refractivity contribution in [1.29, 1.82) is 0 Å². The Hall–Kier alpha value is -2.86. The Morgan fingerprint density at radius 3 is 2.61 bits per heavy atom. The first-order chi connectivity index (χ1) is 13.8. The van der Waals surface area contributed by atoms with Crippen LogP contribution in [0, 0.1) is 0 Å². The fraction of sp³-hybridized carbons (Fsp3) is 0.227. The lowest BCUT2D eigenvalue weighted by molar-refractivity contribution is 0.0791. The van der Waals surface area contributed by atoms with E-state index in [1.165, 1.54) is 5.56 Å². The number of hydrogen-bond acceptors (Lipinski definition) is 5. The fourth-order valence-electron chi connectivity index (χ4n) is 3.25. The molecule has 1 aromatic heterocycles. The molecule has 0 aliphatic carbocycles. The van der Waals surface area contributed by atoms with Crippen molar-refractivity contribution in [1.82, 2.24) is 14.9 Å². The van der Waals surface area contributed by atoms with Crippen LogP contribution in [0.5, 0.6) is 0 Å². The van der Waals surface area contributed by atoms with E-state index in [0.717, 1.165) is 35.1 Å². The molecule has 3 aromatic rings. The molecule has 6 heteroatoms. The quantitative estimate of drug-likeness (QED) is 0.642. The van der Waals surface area contributed by atoms with Crippen LogP contribution >= 0.6 is 11.8 Å². The third kappa shape index (κ3) is 4.70. The number of anilines is 1. The van der Waals surface area contributed by atoms with Gasteiger partial charge in [0, 0.05) is 30.4 Å². The molecule has 1 amide bonds. The van der Waals surface area contributed by atoms with Gasteiger partial charge < -0.3 is 10.2 Å². The summed E-state index contributed by atoms with van der Waals surface area (Å²) in [5, 5.41) is 4.33. The summed E-state index contributed by atoms with van der Waals surface area (Å²) in [4.78, 5) is 23.5. The molecule has 1 aliphatic heterocycles. The number of carbonyl (C=O) groups is 1. The van der Waals surface area contributed by atoms with Crippen molar-refractivity contribution in [2.45, 2.75) is 23.2 Å². The predicted octanol–water partition coefficient (Wildman–Crippen LogP) is 4.10. The van der Waals surface area contributed by atoms with E-state index >= 15 is 0 Å². The van der Waals surface area contributed by atoms with Gasteiger partial charge in [0.2, 0.25) is 0 Å². The average Bonchev–Trinajstić information content (AvgIpc) is 3.22. The van der Waals surface area contributed by atoms with Crippen molar-refractivity contribution >= 4 is 23.5 Å². The summed E-state index contributed by atoms with van der Waals surface area (Å²) in [7, 11) is 0. The van der Waals surface area contributed by atoms with Crippen molar-refractivity contribution in [3.05, 3.63) is 84.2 Å². The van der Waals surface area contributed by atoms with Crippen molar-refractivity contribution < 1.29 is 4.79 Å². The van der Waals surface area contributed by atoms with Crippen LogP contribution in [-0.2, 0) is 5.75 Å². The molecule has 1 saturated heterocycles. The molecule has 142 valence electrons. The zero-order valence-electron chi connectivity index (χ0n) is 15.5. The largest absolute Gasteiger partial charge is 0.364 e. The second-order valence-electron chi connectivity index (χ2n) is 6.76. The highest BCUT2D eigenvalue weighted by Crippen LogP contribution is 2.22. The maximum Gasteiger partial charge on any atom is 0.253 e. The van der Waals surface area contributed by atoms with E-state index in [4.69, 9.17) is 0 Å². The SMILES string of the molecule is O=C(c1ccccc1)N1CCC(Nc2cncc(SCc3ccccc3)n2)C1. The Morgan fingerprint density at radius 2 is 1.82 bits per heavy atom. The summed E-state index contributed by atoms with van der Waals surface area (Å²) in [6.07, 6.45) is 4.44. The van der Waals surface area contributed by atoms with Gasteiger partial charge in [-0.05, 0) is 24.1 Å². The number of nitrogens with one attached hydrogen (secondary N) is 1. The Balaban J connectivity index is 1.33. The third-order valence-corrected chi connectivity index (χ3v) is 5.66. The molecule has 2 aromatic carbocycles. The molecule has 1 fully saturated rings. The molecule has 5 nitrogen and oxygen atoms in total. The lowest BCUT2D eigenvalue weighted by Crippen LogP contribution is -2.31. The van der Waals surface area contributed by atoms with E-state index in [1.807, 2.05) is 53.4 Å². The van der Waals surface area contributed by atoms with E-state index in [-0.39, 0.29) is 11.9 Å². The molecule has 2 heterocycles. The number of rotatable bonds is 6. The Bertz CT molecular complexity index is 920. The van der Waals surface area contributed by atoms with E-state index in [0.29, 0.717) is 6.54 Å². The number of thioether (sulfide) groups is 1. The lowest BCUT2D eigenvalue weighted by atomic mass is 10.2. The number of carbonyl (C=O) groups excluding carboxylic acids is 1. The highest BCUT2D eigenvalue weighted by atomic mass is 32.2. The van der Waals surface area contributed by atoms with E-state index in [2.05, 4.69) is 27.4 Å². The summed E-state index contributed by atoms with van der Waals surface area (Å²) in [6.45, 7) is 1.43. The molecule has 1 unspecified atom stereocenters. The zero-order chi connectivity index (χ0) is 19.2. The summed E-state index contributed by atoms with van der Waals surface area (Å²) in [5.74, 6) is 1.71. The van der Waals surface area contributed by atoms with Crippen LogP contribution in [0.25, 0.3) is 0 Å². The van der Waals surface area contributed by atoms with Gasteiger partial charge >= 0.3 is 0 Å². The number of likely N-dealkylation sites (tertiary alicyclic amines) is 1. The summed E-state index contributed by atoms with van der Waals surface area (Å²) >= 11 is 1.67. The second-order valence-corrected chi connectivity index (χ2v) is 7.76. The fourth-order valence-corrected chi connectivity index (χ4v) is 4.06. The van der Waals surface area contributed by atoms with Crippen LogP contribution < -0.4 is 5.32 Å². The highest BCUT2D eigenvalue weighted by molar-refractivity contribution is 7.98. The van der Waals surface area contributed by atoms with Crippen LogP contribution in [0.1, 0.15) is 22.3 Å². The van der Waals surface area contributed by atoms with Gasteiger partial charge in [0.15, 0.2) is 0 Å². The Kier molecular flexibility index (Phi) is 5.87. The summed E-state index contributed by atoms with van der Waals surface area (Å²) < 4.78 is 0. The monoisotopic (exact) mass is 390 g/mol. The van der Waals surface area contributed by atoms with Crippen molar-refractivity contribution in [3.8, 4) is 0 Å². The minimum atomic E-state index is 0.0863. The first-order valence-corrected chi connectivity index (χ1v) is 10.4. The van der Waals surface area contributed by atoms with Crippen LogP contribution in [-0.4, -0.2) is 39.9 Å². The minimum absolute atomic E-state index is 0.0863. The predicted molar refractivity (Wildman–Crippen MR) is 112 cm³/mol. The van der Waals surface area contributed by atoms with E-state index in [1.54, 1.807) is 24.2 Å². The molecule has 0 spiro atoms. The van der Waals surface area contributed by atoms with Crippen LogP contribution in [0.3, 0.4) is 0 Å². The van der Waals surface area contributed by atoms with Crippen molar-refractivity contribution in [3.63, 3.8) is 0 Å². The molecule has 1 aliphatic rings. The number of hydrogen-bond donors (Lipinski definition) is 1. The maximum atomic E-state index is 12.6. The van der Waals surface area contributed by atoms with Gasteiger partial charge in [-0.3, -0.25) is 9.78 Å². The average molecular weight is 391 g/mol. The molecular weight excluding hydrogens is 368 g/mol. The molecule has 0 bridgehead atoms. The molecule has 4 rings (SSSR count). The zero-order valence-corrected chi connectivity index (χ0v) is 16.3. The van der Waals surface area contributed by atoms with Gasteiger partial charge in [0.05, 0.1) is 12.4 Å². The number of aromatic nitrogens is 2. The second kappa shape index (κ2) is 8.89. The number of benzene rings is 2. The van der Waals surface area contributed by atoms with Gasteiger partial charge in [-0.15, -0.1) is 11.8 Å². The summed E-state index contributed by atoms with van der Waals surface area (Å²) in [6, 6.07) is 20.0. The molecule has 1 N–H and O–H groups in total. The van der Waals surface area contributed by atoms with Gasteiger partial charge in [-0.1, -0.05) is 48.5 Å². The summed E-state index contributed by atoms with van der Waals surface area (Å²) in [5.41, 5.74) is 2.00. The van der Waals surface area contributed by atoms with Gasteiger partial charge in [-0.25, -0.2) is 4.98 Å². The minimum Gasteiger partial charge on any atom is -0.364 e. The van der Waals surface area contributed by atoms with Gasteiger partial charge in [0.1, 0.15) is 10.8 Å². The highest BCUT2D eigenvalue weighted by Gasteiger charge is 2.27. The third-order valence-electron chi connectivity index (χ3n) is 4.69. The van der Waals surface area contributed by atoms with Gasteiger partial charge in [-0.2, -0.15) is 0 Å². The van der Waals surface area contributed by atoms with Gasteiger partial charge in [0.25, 0.3) is 5.91 Å². The van der Waals surface area contributed by atoms with Crippen molar-refractivity contribution in [2.75, 3.05) is 18.4 Å². The van der Waals surface area contributed by atoms with E-state index < -0.39 is 0 Å². The molecular formula is C22H22N4OS. The first kappa shape index (κ1) is 18.5. The normalized spacial score (nSPS) is 16.1. The van der Waals surface area contributed by atoms with E-state index in [9.17, 15) is 4.79 Å². The standard InChI is InChI=1S/C22H22N4OS/c27-22(18-9-5-2-6-10-18)26-12-11-19(15-26)24-20-13-23-14-21(25-20)28-16-17-7-3-1-4-8-17/h1-10,13-14,19H,11-12,15-16H2,(H,24,25). The van der Waals surface area contributed by atoms with Crippen LogP contribution in [0.15, 0.2) is 78.1 Å². The molecule has 0 radical (unpaired) electrons. The van der Waals surface area contributed by atoms with Crippen LogP contribution in [0.2, 0.25) is 0 Å². The number of amides is 1. The number of nitrogens with zero attached hydrogens (tertiary/aromatic N) is 3.